The summed E-state index contributed by atoms with van der Waals surface area (Å²) in [5.41, 5.74) is -5.67. The van der Waals surface area contributed by atoms with Crippen molar-refractivity contribution in [3.63, 3.8) is 0 Å². The second kappa shape index (κ2) is 18.6. The molecule has 2 amide bonds. The van der Waals surface area contributed by atoms with Crippen molar-refractivity contribution >= 4 is 60.0 Å². The number of halogens is 11. The van der Waals surface area contributed by atoms with Crippen molar-refractivity contribution in [2.24, 2.45) is 5.92 Å². The van der Waals surface area contributed by atoms with Crippen LogP contribution >= 0.6 is 11.6 Å². The molecule has 0 bridgehead atoms. The van der Waals surface area contributed by atoms with Crippen molar-refractivity contribution in [1.29, 1.82) is 0 Å². The number of anilines is 1. The number of aromatic nitrogens is 5. The third-order valence-corrected chi connectivity index (χ3v) is 15.2. The number of amides is 2. The van der Waals surface area contributed by atoms with E-state index in [9.17, 15) is 66.7 Å². The number of fused-ring (bicyclic) bond motifs is 4. The van der Waals surface area contributed by atoms with Gasteiger partial charge in [0.05, 0.1) is 34.3 Å². The summed E-state index contributed by atoms with van der Waals surface area (Å²) in [5.74, 6) is -8.14. The molecule has 3 N–H and O–H groups in total. The van der Waals surface area contributed by atoms with Crippen LogP contribution in [-0.2, 0) is 61.1 Å². The fraction of sp³-hybridized carbons (Fsp3) is 0.419. The van der Waals surface area contributed by atoms with E-state index in [4.69, 9.17) is 11.6 Å². The van der Waals surface area contributed by atoms with Gasteiger partial charge in [0.2, 0.25) is 21.8 Å². The van der Waals surface area contributed by atoms with Gasteiger partial charge in [0, 0.05) is 48.5 Å². The number of nitrogens with zero attached hydrogens (tertiary/aromatic N) is 6. The second-order valence-electron chi connectivity index (χ2n) is 17.4. The summed E-state index contributed by atoms with van der Waals surface area (Å²) >= 11 is 6.55. The highest BCUT2D eigenvalue weighted by Crippen LogP contribution is 2.68. The maximum Gasteiger partial charge on any atom is 0.435 e. The number of hydrogen-bond donors (Lipinski definition) is 3. The number of hydrogen-bond acceptors (Lipinski definition) is 10. The number of carbonyl (C=O) groups excluding carboxylic acids is 2. The lowest BCUT2D eigenvalue weighted by atomic mass is 9.93. The molecule has 2 aromatic carbocycles. The topological polar surface area (TPSA) is 198 Å². The first-order chi connectivity index (χ1) is 32.7. The lowest BCUT2D eigenvalue weighted by molar-refractivity contribution is -0.142. The number of likely N-dealkylation sites (N-methyl/N-ethyl adjacent to an activating group) is 1. The smallest absolute Gasteiger partial charge is 0.395 e. The Labute approximate surface area is 402 Å². The van der Waals surface area contributed by atoms with Gasteiger partial charge >= 0.3 is 12.4 Å². The van der Waals surface area contributed by atoms with Gasteiger partial charge in [-0.25, -0.2) is 30.6 Å². The van der Waals surface area contributed by atoms with Crippen molar-refractivity contribution in [3.05, 3.63) is 93.0 Å². The Kier molecular flexibility index (Phi) is 13.8. The largest absolute Gasteiger partial charge is 0.435 e. The zero-order chi connectivity index (χ0) is 52.6. The predicted octanol–water partition coefficient (Wildman–Crippen LogP) is 6.48. The third-order valence-electron chi connectivity index (χ3n) is 11.8. The number of carbonyl (C=O) groups is 2. The van der Waals surface area contributed by atoms with Crippen LogP contribution in [0, 0.1) is 29.4 Å². The van der Waals surface area contributed by atoms with E-state index in [1.165, 1.54) is 27.0 Å². The molecule has 3 heterocycles. The molecule has 2 aliphatic rings. The Morgan fingerprint density at radius 3 is 2.24 bits per heavy atom. The molecule has 0 aliphatic heterocycles. The lowest BCUT2D eigenvalue weighted by Gasteiger charge is -2.23. The Morgan fingerprint density at radius 2 is 1.63 bits per heavy atom. The van der Waals surface area contributed by atoms with Crippen molar-refractivity contribution < 1.29 is 75.4 Å². The molecule has 1 saturated carbocycles. The number of rotatable bonds is 15. The summed E-state index contributed by atoms with van der Waals surface area (Å²) in [7, 11) is -7.52. The van der Waals surface area contributed by atoms with Crippen LogP contribution in [-0.4, -0.2) is 106 Å². The number of aliphatic hydroxyl groups is 1. The van der Waals surface area contributed by atoms with Crippen LogP contribution in [0.3, 0.4) is 0 Å². The summed E-state index contributed by atoms with van der Waals surface area (Å²) in [6.07, 6.45) is -10.4. The van der Waals surface area contributed by atoms with Crippen molar-refractivity contribution in [2.75, 3.05) is 36.9 Å². The molecule has 1 fully saturated rings. The molecule has 0 saturated heterocycles. The fourth-order valence-electron chi connectivity index (χ4n) is 8.08. The third kappa shape index (κ3) is 11.1. The average Bonchev–Trinajstić information content (AvgIpc) is 3.75. The van der Waals surface area contributed by atoms with Gasteiger partial charge in [-0.1, -0.05) is 23.6 Å². The molecule has 0 radical (unpaired) electrons. The van der Waals surface area contributed by atoms with E-state index in [1.54, 1.807) is 0 Å². The molecule has 3 aromatic heterocycles. The Hall–Kier alpha value is -5.98. The minimum Gasteiger partial charge on any atom is -0.395 e. The number of pyridine rings is 1. The maximum atomic E-state index is 15.5. The van der Waals surface area contributed by atoms with E-state index >= 15 is 8.78 Å². The summed E-state index contributed by atoms with van der Waals surface area (Å²) in [5, 5.41) is 18.0. The first kappa shape index (κ1) is 52.8. The molecule has 2 aliphatic carbocycles. The van der Waals surface area contributed by atoms with Gasteiger partial charge in [-0.05, 0) is 74.4 Å². The van der Waals surface area contributed by atoms with Crippen LogP contribution in [0.4, 0.5) is 49.7 Å². The van der Waals surface area contributed by atoms with Gasteiger partial charge in [-0.3, -0.25) is 23.7 Å². The van der Waals surface area contributed by atoms with E-state index in [1.807, 2.05) is 4.72 Å². The number of sulfonamides is 1. The number of benzene rings is 2. The average molecular weight is 1070 g/mol. The van der Waals surface area contributed by atoms with Gasteiger partial charge in [0.1, 0.15) is 46.6 Å². The molecule has 0 spiro atoms. The Morgan fingerprint density at radius 1 is 0.986 bits per heavy atom. The molecule has 0 unspecified atom stereocenters. The SMILES string of the molecule is CN(CCO)C(=O)CS(=O)(=O)Nc1nn(CC(F)(F)F)c2c(-c3ccc(C#CC(C)(C)S(C)(=O)=O)nc3[C@H](Cc3cc(F)cc(F)c3)NC(=O)Cn3nc(C(F)(F)F)c4c3C(F)(F)[C@@H]3C[C@H]43)ccc(Cl)c12. The van der Waals surface area contributed by atoms with E-state index in [0.29, 0.717) is 10.7 Å². The minimum atomic E-state index is -5.22. The van der Waals surface area contributed by atoms with E-state index in [-0.39, 0.29) is 40.0 Å². The lowest BCUT2D eigenvalue weighted by Crippen LogP contribution is -2.36. The highest BCUT2D eigenvalue weighted by Gasteiger charge is 2.68. The molecular formula is C43H39ClF10N8O7S2. The standard InChI is InChI=1S/C43H39ClF10N8O7S2/c1-40(2,70(4,66)67)10-9-24-5-6-25(26-7-8-29(44)34-36(26)62(20-41(47,48)49)58-39(34)59-71(68,69)19-32(65)60(3)11-12-63)35(55-24)30(15-21-13-22(45)16-23(46)14-21)56-31(64)18-61-38-33(37(57-61)43(52,53)54)27-17-28(27)42(38,50)51/h5-8,13-14,16,27-28,30,63H,11-12,15,17-20H2,1-4H3,(H,56,64)(H,58,59)/t27-,28+,30-/m0/s1. The first-order valence-corrected chi connectivity index (χ1v) is 24.8. The number of sulfone groups is 1. The molecule has 5 aromatic rings. The Balaban J connectivity index is 1.44. The molecule has 28 heteroatoms. The van der Waals surface area contributed by atoms with Crippen LogP contribution in [0.1, 0.15) is 66.1 Å². The van der Waals surface area contributed by atoms with Crippen LogP contribution in [0.15, 0.2) is 42.5 Å². The summed E-state index contributed by atoms with van der Waals surface area (Å²) in [4.78, 5) is 32.1. The number of nitrogens with one attached hydrogen (secondary N) is 2. The number of alkyl halides is 8. The fourth-order valence-corrected chi connectivity index (χ4v) is 9.61. The van der Waals surface area contributed by atoms with Crippen molar-refractivity contribution in [1.82, 2.24) is 34.8 Å². The van der Waals surface area contributed by atoms with E-state index in [0.717, 1.165) is 41.5 Å². The van der Waals surface area contributed by atoms with Crippen LogP contribution < -0.4 is 10.0 Å². The van der Waals surface area contributed by atoms with Gasteiger partial charge in [0.15, 0.2) is 21.3 Å². The number of aliphatic hydroxyl groups excluding tert-OH is 1. The van der Waals surface area contributed by atoms with E-state index in [2.05, 4.69) is 32.3 Å². The molecule has 7 rings (SSSR count). The molecule has 71 heavy (non-hydrogen) atoms. The van der Waals surface area contributed by atoms with Crippen LogP contribution in [0.25, 0.3) is 22.0 Å². The van der Waals surface area contributed by atoms with Gasteiger partial charge < -0.3 is 15.3 Å². The second-order valence-corrected chi connectivity index (χ2v) is 22.1. The van der Waals surface area contributed by atoms with Crippen molar-refractivity contribution in [3.8, 4) is 23.0 Å². The normalized spacial score (nSPS) is 17.0. The highest BCUT2D eigenvalue weighted by atomic mass is 35.5. The zero-order valence-corrected chi connectivity index (χ0v) is 39.7. The summed E-state index contributed by atoms with van der Waals surface area (Å²) in [6, 6.07) is 4.90. The van der Waals surface area contributed by atoms with Gasteiger partial charge in [-0.15, -0.1) is 0 Å². The zero-order valence-electron chi connectivity index (χ0n) is 37.3. The van der Waals surface area contributed by atoms with Gasteiger partial charge in [0.25, 0.3) is 5.92 Å². The molecular weight excluding hydrogens is 1030 g/mol. The summed E-state index contributed by atoms with van der Waals surface area (Å²) in [6.45, 7) is -1.55. The quantitative estimate of drug-likeness (QED) is 0.0771. The monoisotopic (exact) mass is 1070 g/mol. The minimum absolute atomic E-state index is 0.196. The maximum absolute atomic E-state index is 15.5. The molecule has 3 atom stereocenters. The molecule has 15 nitrogen and oxygen atoms in total. The van der Waals surface area contributed by atoms with Crippen LogP contribution in [0.5, 0.6) is 0 Å². The predicted molar refractivity (Wildman–Crippen MR) is 235 cm³/mol. The summed E-state index contributed by atoms with van der Waals surface area (Å²) < 4.78 is 199. The Bertz CT molecular complexity index is 3260. The highest BCUT2D eigenvalue weighted by molar-refractivity contribution is 7.93. The van der Waals surface area contributed by atoms with Gasteiger partial charge in [-0.2, -0.15) is 45.3 Å². The first-order valence-electron chi connectivity index (χ1n) is 20.9. The van der Waals surface area contributed by atoms with E-state index < -0.39 is 160 Å². The van der Waals surface area contributed by atoms with Crippen molar-refractivity contribution in [2.45, 2.75) is 74.8 Å². The molecule has 382 valence electrons. The van der Waals surface area contributed by atoms with Crippen LogP contribution in [0.2, 0.25) is 5.02 Å².